The third-order valence-corrected chi connectivity index (χ3v) is 3.23. The van der Waals surface area contributed by atoms with Gasteiger partial charge in [0.2, 0.25) is 5.89 Å². The van der Waals surface area contributed by atoms with E-state index in [2.05, 4.69) is 23.4 Å². The molecule has 0 N–H and O–H groups in total. The summed E-state index contributed by atoms with van der Waals surface area (Å²) >= 11 is 7.34. The molecule has 2 aromatic heterocycles. The first-order valence-electron chi connectivity index (χ1n) is 4.28. The third kappa shape index (κ3) is 1.70. The molecule has 4 heteroatoms. The normalized spacial score (nSPS) is 10.8. The van der Waals surface area contributed by atoms with Crippen LogP contribution in [-0.4, -0.2) is 4.98 Å². The van der Waals surface area contributed by atoms with Gasteiger partial charge >= 0.3 is 0 Å². The Morgan fingerprint density at radius 3 is 2.79 bits per heavy atom. The minimum Gasteiger partial charge on any atom is -0.439 e. The smallest absolute Gasteiger partial charge is 0.236 e. The molecule has 0 atom stereocenters. The van der Waals surface area contributed by atoms with Crippen molar-refractivity contribution < 1.29 is 4.42 Å². The summed E-state index contributed by atoms with van der Waals surface area (Å²) in [4.78, 5) is 5.38. The molecule has 0 aliphatic heterocycles. The fourth-order valence-electron chi connectivity index (χ4n) is 1.20. The minimum atomic E-state index is 0.378. The largest absolute Gasteiger partial charge is 0.439 e. The first-order chi connectivity index (χ1) is 6.70. The second-order valence-electron chi connectivity index (χ2n) is 3.15. The van der Waals surface area contributed by atoms with Gasteiger partial charge in [-0.1, -0.05) is 0 Å². The average molecular weight is 228 g/mol. The Hall–Kier alpha value is -0.800. The number of thiophene rings is 1. The minimum absolute atomic E-state index is 0.378. The van der Waals surface area contributed by atoms with Crippen molar-refractivity contribution in [2.24, 2.45) is 0 Å². The highest BCUT2D eigenvalue weighted by atomic mass is 35.5. The standard InChI is InChI=1S/C10H10ClNOS/c1-6-3-9(14-5-6)10-12-7(2)8(4-11)13-10/h3,5H,4H2,1-2H3. The summed E-state index contributed by atoms with van der Waals surface area (Å²) in [6, 6.07) is 2.06. The van der Waals surface area contributed by atoms with E-state index in [1.807, 2.05) is 6.92 Å². The quantitative estimate of drug-likeness (QED) is 0.731. The number of alkyl halides is 1. The first-order valence-corrected chi connectivity index (χ1v) is 5.70. The fraction of sp³-hybridized carbons (Fsp3) is 0.300. The monoisotopic (exact) mass is 227 g/mol. The number of nitrogens with zero attached hydrogens (tertiary/aromatic N) is 1. The molecule has 2 rings (SSSR count). The van der Waals surface area contributed by atoms with E-state index in [-0.39, 0.29) is 0 Å². The molecular formula is C10H10ClNOS. The van der Waals surface area contributed by atoms with Crippen molar-refractivity contribution in [1.82, 2.24) is 4.98 Å². The van der Waals surface area contributed by atoms with Gasteiger partial charge in [0.05, 0.1) is 16.5 Å². The van der Waals surface area contributed by atoms with Crippen LogP contribution in [0.2, 0.25) is 0 Å². The molecule has 0 aliphatic carbocycles. The van der Waals surface area contributed by atoms with E-state index in [0.29, 0.717) is 11.8 Å². The zero-order valence-corrected chi connectivity index (χ0v) is 9.58. The number of aryl methyl sites for hydroxylation is 2. The number of rotatable bonds is 2. The van der Waals surface area contributed by atoms with E-state index in [1.165, 1.54) is 5.56 Å². The van der Waals surface area contributed by atoms with E-state index < -0.39 is 0 Å². The number of hydrogen-bond donors (Lipinski definition) is 0. The summed E-state index contributed by atoms with van der Waals surface area (Å²) in [5, 5.41) is 2.08. The molecule has 2 aromatic rings. The molecule has 0 fully saturated rings. The Kier molecular flexibility index (Phi) is 2.61. The number of aromatic nitrogens is 1. The van der Waals surface area contributed by atoms with Crippen molar-refractivity contribution >= 4 is 22.9 Å². The van der Waals surface area contributed by atoms with Gasteiger partial charge < -0.3 is 4.42 Å². The van der Waals surface area contributed by atoms with Gasteiger partial charge in [-0.2, -0.15) is 0 Å². The zero-order chi connectivity index (χ0) is 10.1. The fourth-order valence-corrected chi connectivity index (χ4v) is 2.27. The molecule has 0 unspecified atom stereocenters. The summed E-state index contributed by atoms with van der Waals surface area (Å²) in [6.07, 6.45) is 0. The van der Waals surface area contributed by atoms with Crippen LogP contribution in [0.4, 0.5) is 0 Å². The van der Waals surface area contributed by atoms with E-state index in [4.69, 9.17) is 16.0 Å². The molecule has 0 aromatic carbocycles. The Morgan fingerprint density at radius 1 is 1.50 bits per heavy atom. The van der Waals surface area contributed by atoms with Gasteiger partial charge in [-0.05, 0) is 30.9 Å². The molecule has 14 heavy (non-hydrogen) atoms. The summed E-state index contributed by atoms with van der Waals surface area (Å²) < 4.78 is 5.53. The summed E-state index contributed by atoms with van der Waals surface area (Å²) in [6.45, 7) is 3.96. The molecule has 0 aliphatic rings. The molecule has 74 valence electrons. The Morgan fingerprint density at radius 2 is 2.29 bits per heavy atom. The van der Waals surface area contributed by atoms with Gasteiger partial charge in [0.25, 0.3) is 0 Å². The maximum Gasteiger partial charge on any atom is 0.236 e. The number of halogens is 1. The maximum absolute atomic E-state index is 5.71. The van der Waals surface area contributed by atoms with E-state index in [0.717, 1.165) is 16.3 Å². The van der Waals surface area contributed by atoms with Gasteiger partial charge in [0.15, 0.2) is 0 Å². The number of oxazole rings is 1. The van der Waals surface area contributed by atoms with Crippen LogP contribution in [0.3, 0.4) is 0 Å². The highest BCUT2D eigenvalue weighted by Crippen LogP contribution is 2.28. The lowest BCUT2D eigenvalue weighted by molar-refractivity contribution is 0.537. The second kappa shape index (κ2) is 3.75. The van der Waals surface area contributed by atoms with Gasteiger partial charge in [-0.25, -0.2) is 4.98 Å². The maximum atomic E-state index is 5.71. The average Bonchev–Trinajstić information content (AvgIpc) is 2.71. The predicted octanol–water partition coefficient (Wildman–Crippen LogP) is 3.76. The zero-order valence-electron chi connectivity index (χ0n) is 8.00. The Balaban J connectivity index is 2.42. The van der Waals surface area contributed by atoms with Crippen molar-refractivity contribution in [1.29, 1.82) is 0 Å². The van der Waals surface area contributed by atoms with Gasteiger partial charge in [-0.3, -0.25) is 0 Å². The lowest BCUT2D eigenvalue weighted by Crippen LogP contribution is -1.76. The van der Waals surface area contributed by atoms with Gasteiger partial charge in [-0.15, -0.1) is 22.9 Å². The van der Waals surface area contributed by atoms with Crippen LogP contribution < -0.4 is 0 Å². The van der Waals surface area contributed by atoms with Crippen LogP contribution >= 0.6 is 22.9 Å². The van der Waals surface area contributed by atoms with Crippen LogP contribution in [-0.2, 0) is 5.88 Å². The Labute approximate surface area is 91.5 Å². The molecular weight excluding hydrogens is 218 g/mol. The van der Waals surface area contributed by atoms with E-state index in [9.17, 15) is 0 Å². The predicted molar refractivity (Wildman–Crippen MR) is 58.8 cm³/mol. The highest BCUT2D eigenvalue weighted by Gasteiger charge is 2.11. The topological polar surface area (TPSA) is 26.0 Å². The number of hydrogen-bond acceptors (Lipinski definition) is 3. The first kappa shape index (κ1) is 9.74. The van der Waals surface area contributed by atoms with Gasteiger partial charge in [0, 0.05) is 0 Å². The molecule has 0 spiro atoms. The molecule has 0 saturated carbocycles. The molecule has 2 heterocycles. The van der Waals surface area contributed by atoms with Crippen LogP contribution in [0.15, 0.2) is 15.9 Å². The van der Waals surface area contributed by atoms with E-state index >= 15 is 0 Å². The molecule has 0 amide bonds. The molecule has 0 bridgehead atoms. The highest BCUT2D eigenvalue weighted by molar-refractivity contribution is 7.13. The van der Waals surface area contributed by atoms with Crippen molar-refractivity contribution in [3.8, 4) is 10.8 Å². The van der Waals surface area contributed by atoms with Crippen LogP contribution in [0.25, 0.3) is 10.8 Å². The lowest BCUT2D eigenvalue weighted by atomic mass is 10.3. The lowest BCUT2D eigenvalue weighted by Gasteiger charge is -1.87. The second-order valence-corrected chi connectivity index (χ2v) is 4.33. The molecule has 0 saturated heterocycles. The van der Waals surface area contributed by atoms with Crippen LogP contribution in [0.1, 0.15) is 17.0 Å². The van der Waals surface area contributed by atoms with Crippen molar-refractivity contribution in [3.63, 3.8) is 0 Å². The third-order valence-electron chi connectivity index (χ3n) is 1.96. The van der Waals surface area contributed by atoms with Crippen molar-refractivity contribution in [2.75, 3.05) is 0 Å². The van der Waals surface area contributed by atoms with Crippen LogP contribution in [0, 0.1) is 13.8 Å². The summed E-state index contributed by atoms with van der Waals surface area (Å²) in [5.74, 6) is 1.81. The molecule has 0 radical (unpaired) electrons. The van der Waals surface area contributed by atoms with E-state index in [1.54, 1.807) is 11.3 Å². The van der Waals surface area contributed by atoms with Crippen molar-refractivity contribution in [3.05, 3.63) is 28.5 Å². The summed E-state index contributed by atoms with van der Waals surface area (Å²) in [7, 11) is 0. The van der Waals surface area contributed by atoms with Crippen LogP contribution in [0.5, 0.6) is 0 Å². The van der Waals surface area contributed by atoms with Gasteiger partial charge in [0.1, 0.15) is 5.76 Å². The SMILES string of the molecule is Cc1csc(-c2nc(C)c(CCl)o2)c1. The van der Waals surface area contributed by atoms with Crippen molar-refractivity contribution in [2.45, 2.75) is 19.7 Å². The summed E-state index contributed by atoms with van der Waals surface area (Å²) in [5.41, 5.74) is 2.11. The molecule has 2 nitrogen and oxygen atoms in total. The Bertz CT molecular complexity index is 447.